The van der Waals surface area contributed by atoms with E-state index in [1.54, 1.807) is 0 Å². The molecular weight excluding hydrogens is 176 g/mol. The SMILES string of the molecule is CNc1c2c(nn1C(C)C)CNCC2. The second-order valence-electron chi connectivity index (χ2n) is 3.99. The molecule has 4 heteroatoms. The first-order valence-corrected chi connectivity index (χ1v) is 5.22. The van der Waals surface area contributed by atoms with E-state index < -0.39 is 0 Å². The van der Waals surface area contributed by atoms with E-state index in [-0.39, 0.29) is 0 Å². The van der Waals surface area contributed by atoms with Crippen molar-refractivity contribution in [1.29, 1.82) is 0 Å². The molecule has 2 N–H and O–H groups in total. The quantitative estimate of drug-likeness (QED) is 0.742. The van der Waals surface area contributed by atoms with Gasteiger partial charge in [0.2, 0.25) is 0 Å². The number of rotatable bonds is 2. The second kappa shape index (κ2) is 3.61. The van der Waals surface area contributed by atoms with Gasteiger partial charge in [0.1, 0.15) is 5.82 Å². The van der Waals surface area contributed by atoms with E-state index in [9.17, 15) is 0 Å². The zero-order valence-corrected chi connectivity index (χ0v) is 9.09. The van der Waals surface area contributed by atoms with Gasteiger partial charge in [-0.1, -0.05) is 0 Å². The zero-order valence-electron chi connectivity index (χ0n) is 9.09. The van der Waals surface area contributed by atoms with Crippen LogP contribution in [0.4, 0.5) is 5.82 Å². The number of fused-ring (bicyclic) bond motifs is 1. The van der Waals surface area contributed by atoms with Gasteiger partial charge in [0.15, 0.2) is 0 Å². The fourth-order valence-electron chi connectivity index (χ4n) is 1.98. The van der Waals surface area contributed by atoms with Gasteiger partial charge in [-0.3, -0.25) is 0 Å². The average molecular weight is 194 g/mol. The van der Waals surface area contributed by atoms with Gasteiger partial charge >= 0.3 is 0 Å². The average Bonchev–Trinajstić information content (AvgIpc) is 2.56. The third kappa shape index (κ3) is 1.39. The molecule has 0 aromatic carbocycles. The fourth-order valence-corrected chi connectivity index (χ4v) is 1.98. The van der Waals surface area contributed by atoms with Crippen molar-refractivity contribution in [2.24, 2.45) is 0 Å². The van der Waals surface area contributed by atoms with Crippen LogP contribution in [-0.4, -0.2) is 23.4 Å². The molecule has 0 atom stereocenters. The summed E-state index contributed by atoms with van der Waals surface area (Å²) in [5.41, 5.74) is 2.59. The van der Waals surface area contributed by atoms with E-state index in [2.05, 4.69) is 34.3 Å². The molecule has 0 bridgehead atoms. The Morgan fingerprint density at radius 3 is 2.93 bits per heavy atom. The van der Waals surface area contributed by atoms with Crippen molar-refractivity contribution in [3.63, 3.8) is 0 Å². The van der Waals surface area contributed by atoms with Crippen LogP contribution in [0, 0.1) is 0 Å². The maximum Gasteiger partial charge on any atom is 0.127 e. The third-order valence-corrected chi connectivity index (χ3v) is 2.66. The number of nitrogens with zero attached hydrogens (tertiary/aromatic N) is 2. The molecule has 0 saturated heterocycles. The predicted molar refractivity (Wildman–Crippen MR) is 57.6 cm³/mol. The highest BCUT2D eigenvalue weighted by Gasteiger charge is 2.20. The first-order valence-electron chi connectivity index (χ1n) is 5.22. The molecule has 1 aromatic rings. The first kappa shape index (κ1) is 9.52. The number of anilines is 1. The van der Waals surface area contributed by atoms with Gasteiger partial charge in [-0.2, -0.15) is 5.10 Å². The Labute approximate surface area is 84.7 Å². The smallest absolute Gasteiger partial charge is 0.127 e. The molecule has 1 aliphatic heterocycles. The van der Waals surface area contributed by atoms with Gasteiger partial charge < -0.3 is 10.6 Å². The molecule has 78 valence electrons. The van der Waals surface area contributed by atoms with E-state index in [0.717, 1.165) is 19.5 Å². The van der Waals surface area contributed by atoms with Crippen LogP contribution in [0.1, 0.15) is 31.1 Å². The van der Waals surface area contributed by atoms with Gasteiger partial charge in [0, 0.05) is 25.2 Å². The van der Waals surface area contributed by atoms with Crippen LogP contribution in [0.3, 0.4) is 0 Å². The molecular formula is C10H18N4. The highest BCUT2D eigenvalue weighted by Crippen LogP contribution is 2.25. The Bertz CT molecular complexity index is 327. The maximum atomic E-state index is 4.61. The minimum absolute atomic E-state index is 0.419. The Morgan fingerprint density at radius 1 is 1.50 bits per heavy atom. The van der Waals surface area contributed by atoms with Gasteiger partial charge in [0.25, 0.3) is 0 Å². The van der Waals surface area contributed by atoms with Crippen LogP contribution in [0.5, 0.6) is 0 Å². The van der Waals surface area contributed by atoms with Gasteiger partial charge in [-0.25, -0.2) is 4.68 Å². The Morgan fingerprint density at radius 2 is 2.29 bits per heavy atom. The third-order valence-electron chi connectivity index (χ3n) is 2.66. The van der Waals surface area contributed by atoms with Crippen LogP contribution >= 0.6 is 0 Å². The van der Waals surface area contributed by atoms with Crippen molar-refractivity contribution in [2.75, 3.05) is 18.9 Å². The van der Waals surface area contributed by atoms with Crippen LogP contribution in [-0.2, 0) is 13.0 Å². The summed E-state index contributed by atoms with van der Waals surface area (Å²) in [5.74, 6) is 1.19. The fraction of sp³-hybridized carbons (Fsp3) is 0.700. The molecule has 0 saturated carbocycles. The first-order chi connectivity index (χ1) is 6.74. The van der Waals surface area contributed by atoms with Crippen LogP contribution in [0.15, 0.2) is 0 Å². The van der Waals surface area contributed by atoms with Crippen molar-refractivity contribution in [3.05, 3.63) is 11.3 Å². The summed E-state index contributed by atoms with van der Waals surface area (Å²) in [7, 11) is 1.97. The maximum absolute atomic E-state index is 4.61. The van der Waals surface area contributed by atoms with Crippen molar-refractivity contribution >= 4 is 5.82 Å². The van der Waals surface area contributed by atoms with Crippen LogP contribution in [0.25, 0.3) is 0 Å². The van der Waals surface area contributed by atoms with E-state index >= 15 is 0 Å². The van der Waals surface area contributed by atoms with E-state index in [0.29, 0.717) is 6.04 Å². The van der Waals surface area contributed by atoms with Gasteiger partial charge in [0.05, 0.1) is 5.69 Å². The molecule has 0 aliphatic carbocycles. The van der Waals surface area contributed by atoms with Crippen LogP contribution < -0.4 is 10.6 Å². The molecule has 2 heterocycles. The Kier molecular flexibility index (Phi) is 2.46. The summed E-state index contributed by atoms with van der Waals surface area (Å²) in [5, 5.41) is 11.2. The van der Waals surface area contributed by atoms with Crippen molar-refractivity contribution in [2.45, 2.75) is 32.9 Å². The lowest BCUT2D eigenvalue weighted by molar-refractivity contribution is 0.528. The summed E-state index contributed by atoms with van der Waals surface area (Å²) in [6, 6.07) is 0.419. The summed E-state index contributed by atoms with van der Waals surface area (Å²) >= 11 is 0. The highest BCUT2D eigenvalue weighted by atomic mass is 15.3. The van der Waals surface area contributed by atoms with E-state index in [1.807, 2.05) is 7.05 Å². The predicted octanol–water partition coefficient (Wildman–Crippen LogP) is 1.15. The topological polar surface area (TPSA) is 41.9 Å². The monoisotopic (exact) mass is 194 g/mol. The lowest BCUT2D eigenvalue weighted by atomic mass is 10.1. The molecule has 0 unspecified atom stereocenters. The van der Waals surface area contributed by atoms with E-state index in [1.165, 1.54) is 17.1 Å². The molecule has 1 aromatic heterocycles. The number of hydrogen-bond donors (Lipinski definition) is 2. The van der Waals surface area contributed by atoms with E-state index in [4.69, 9.17) is 0 Å². The molecule has 0 spiro atoms. The molecule has 0 fully saturated rings. The molecule has 2 rings (SSSR count). The standard InChI is InChI=1S/C10H18N4/c1-7(2)14-10(11-3)8-4-5-12-6-9(8)13-14/h7,11-12H,4-6H2,1-3H3. The minimum atomic E-state index is 0.419. The summed E-state index contributed by atoms with van der Waals surface area (Å²) in [6.07, 6.45) is 1.08. The van der Waals surface area contributed by atoms with Crippen LogP contribution in [0.2, 0.25) is 0 Å². The van der Waals surface area contributed by atoms with Crippen molar-refractivity contribution < 1.29 is 0 Å². The molecule has 0 radical (unpaired) electrons. The Hall–Kier alpha value is -1.03. The lowest BCUT2D eigenvalue weighted by Crippen LogP contribution is -2.23. The van der Waals surface area contributed by atoms with Crippen molar-refractivity contribution in [1.82, 2.24) is 15.1 Å². The number of hydrogen-bond acceptors (Lipinski definition) is 3. The Balaban J connectivity index is 2.46. The van der Waals surface area contributed by atoms with Gasteiger partial charge in [-0.15, -0.1) is 0 Å². The van der Waals surface area contributed by atoms with Crippen molar-refractivity contribution in [3.8, 4) is 0 Å². The zero-order chi connectivity index (χ0) is 10.1. The normalized spacial score (nSPS) is 15.7. The molecule has 4 nitrogen and oxygen atoms in total. The highest BCUT2D eigenvalue weighted by molar-refractivity contribution is 5.48. The largest absolute Gasteiger partial charge is 0.373 e. The second-order valence-corrected chi connectivity index (χ2v) is 3.99. The summed E-state index contributed by atoms with van der Waals surface area (Å²) in [6.45, 7) is 6.29. The minimum Gasteiger partial charge on any atom is -0.373 e. The van der Waals surface area contributed by atoms with Gasteiger partial charge in [-0.05, 0) is 26.8 Å². The molecule has 0 amide bonds. The summed E-state index contributed by atoms with van der Waals surface area (Å²) in [4.78, 5) is 0. The molecule has 1 aliphatic rings. The number of nitrogens with one attached hydrogen (secondary N) is 2. The number of aromatic nitrogens is 2. The molecule has 14 heavy (non-hydrogen) atoms. The summed E-state index contributed by atoms with van der Waals surface area (Å²) < 4.78 is 2.08. The lowest BCUT2D eigenvalue weighted by Gasteiger charge is -2.13.